The van der Waals surface area contributed by atoms with Gasteiger partial charge in [0.2, 0.25) is 11.9 Å². The van der Waals surface area contributed by atoms with Crippen LogP contribution in [-0.4, -0.2) is 25.7 Å². The summed E-state index contributed by atoms with van der Waals surface area (Å²) in [7, 11) is 0. The van der Waals surface area contributed by atoms with E-state index in [1.54, 1.807) is 0 Å². The molecule has 0 unspecified atom stereocenters. The van der Waals surface area contributed by atoms with Gasteiger partial charge in [-0.25, -0.2) is 19.9 Å². The van der Waals surface area contributed by atoms with Gasteiger partial charge < -0.3 is 0 Å². The largest absolute Gasteiger partial charge is 0.294 e. The Bertz CT molecular complexity index is 1350. The van der Waals surface area contributed by atoms with Crippen molar-refractivity contribution in [3.63, 3.8) is 0 Å². The highest BCUT2D eigenvalue weighted by molar-refractivity contribution is 5.99. The lowest BCUT2D eigenvalue weighted by atomic mass is 9.85. The molecule has 1 N–H and O–H groups in total. The first-order valence-electron chi connectivity index (χ1n) is 10.7. The maximum atomic E-state index is 12.8. The van der Waals surface area contributed by atoms with Gasteiger partial charge in [-0.1, -0.05) is 60.7 Å². The summed E-state index contributed by atoms with van der Waals surface area (Å²) in [6.45, 7) is 3.81. The zero-order chi connectivity index (χ0) is 22.1. The van der Waals surface area contributed by atoms with Gasteiger partial charge in [-0.2, -0.15) is 0 Å². The molecule has 1 aliphatic rings. The molecule has 0 spiro atoms. The van der Waals surface area contributed by atoms with Crippen molar-refractivity contribution < 1.29 is 4.79 Å². The molecule has 0 amide bonds. The molecule has 0 saturated carbocycles. The molecular weight excluding hydrogens is 398 g/mol. The van der Waals surface area contributed by atoms with Crippen molar-refractivity contribution in [3.8, 4) is 0 Å². The van der Waals surface area contributed by atoms with Crippen molar-refractivity contribution in [2.24, 2.45) is 5.92 Å². The zero-order valence-electron chi connectivity index (χ0n) is 18.0. The van der Waals surface area contributed by atoms with Crippen LogP contribution in [0.25, 0.3) is 17.0 Å². The van der Waals surface area contributed by atoms with Crippen molar-refractivity contribution in [1.29, 1.82) is 0 Å². The van der Waals surface area contributed by atoms with Crippen LogP contribution in [0, 0.1) is 19.8 Å². The van der Waals surface area contributed by atoms with Gasteiger partial charge in [-0.15, -0.1) is 0 Å². The van der Waals surface area contributed by atoms with Crippen molar-refractivity contribution in [1.82, 2.24) is 19.9 Å². The molecule has 0 fully saturated rings. The minimum Gasteiger partial charge on any atom is -0.294 e. The first-order valence-corrected chi connectivity index (χ1v) is 10.7. The minimum absolute atomic E-state index is 0.0933. The summed E-state index contributed by atoms with van der Waals surface area (Å²) in [5, 5.41) is 4.15. The Hall–Kier alpha value is -3.93. The maximum Gasteiger partial charge on any atom is 0.230 e. The van der Waals surface area contributed by atoms with E-state index in [-0.39, 0.29) is 11.7 Å². The number of carbonyl (C=O) groups excluding carboxylic acids is 1. The summed E-state index contributed by atoms with van der Waals surface area (Å²) in [5.41, 5.74) is 4.97. The van der Waals surface area contributed by atoms with Gasteiger partial charge in [0.25, 0.3) is 0 Å². The smallest absolute Gasteiger partial charge is 0.230 e. The number of rotatable bonds is 4. The highest BCUT2D eigenvalue weighted by Crippen LogP contribution is 2.29. The fraction of sp³-hybridized carbons (Fsp3) is 0.192. The maximum absolute atomic E-state index is 12.8. The number of nitrogens with zero attached hydrogens (tertiary/aromatic N) is 4. The van der Waals surface area contributed by atoms with Gasteiger partial charge in [0.1, 0.15) is 0 Å². The number of para-hydroxylation sites is 1. The average Bonchev–Trinajstić information content (AvgIpc) is 2.78. The van der Waals surface area contributed by atoms with E-state index in [9.17, 15) is 4.79 Å². The highest BCUT2D eigenvalue weighted by Gasteiger charge is 2.28. The van der Waals surface area contributed by atoms with Crippen LogP contribution in [0.2, 0.25) is 0 Å². The van der Waals surface area contributed by atoms with Crippen molar-refractivity contribution >= 4 is 34.7 Å². The number of nitrogens with one attached hydrogen (secondary N) is 1. The molecule has 158 valence electrons. The molecule has 0 bridgehead atoms. The fourth-order valence-electron chi connectivity index (χ4n) is 4.20. The number of aromatic nitrogens is 4. The first-order chi connectivity index (χ1) is 15.6. The van der Waals surface area contributed by atoms with Gasteiger partial charge in [0.05, 0.1) is 28.2 Å². The molecule has 1 atom stereocenters. The van der Waals surface area contributed by atoms with Crippen LogP contribution < -0.4 is 5.32 Å². The van der Waals surface area contributed by atoms with E-state index >= 15 is 0 Å². The Morgan fingerprint density at radius 3 is 2.41 bits per heavy atom. The fourth-order valence-corrected chi connectivity index (χ4v) is 4.20. The third-order valence-electron chi connectivity index (χ3n) is 5.72. The molecule has 4 aromatic rings. The number of anilines is 2. The first kappa shape index (κ1) is 20.0. The SMILES string of the molecule is Cc1nc(Nc2nc(C)c3ccccc3n2)nc2c1C(=O)C[C@H](/C=C/c1ccccc1)C2. The number of allylic oxidation sites excluding steroid dienone is 1. The standard InChI is InChI=1S/C26H23N5O/c1-16-20-10-6-7-11-21(20)29-25(27-16)31-26-28-17(2)24-22(30-26)14-19(15-23(24)32)13-12-18-8-4-3-5-9-18/h3-13,19H,14-15H2,1-2H3,(H,27,28,29,30,31)/b13-12+/t19-/m1/s1. The Morgan fingerprint density at radius 1 is 0.844 bits per heavy atom. The highest BCUT2D eigenvalue weighted by atomic mass is 16.1. The van der Waals surface area contributed by atoms with Crippen LogP contribution in [0.4, 0.5) is 11.9 Å². The molecule has 2 aromatic heterocycles. The Labute approximate surface area is 186 Å². The van der Waals surface area contributed by atoms with Gasteiger partial charge in [-0.05, 0) is 37.8 Å². The monoisotopic (exact) mass is 421 g/mol. The lowest BCUT2D eigenvalue weighted by Gasteiger charge is -2.22. The number of aryl methyl sites for hydroxylation is 2. The summed E-state index contributed by atoms with van der Waals surface area (Å²) in [6, 6.07) is 18.0. The summed E-state index contributed by atoms with van der Waals surface area (Å²) < 4.78 is 0. The topological polar surface area (TPSA) is 80.7 Å². The average molecular weight is 422 g/mol. The number of fused-ring (bicyclic) bond motifs is 2. The number of hydrogen-bond donors (Lipinski definition) is 1. The van der Waals surface area contributed by atoms with E-state index in [1.165, 1.54) is 0 Å². The summed E-state index contributed by atoms with van der Waals surface area (Å²) >= 11 is 0. The van der Waals surface area contributed by atoms with Crippen LogP contribution in [0.3, 0.4) is 0 Å². The molecule has 5 rings (SSSR count). The lowest BCUT2D eigenvalue weighted by molar-refractivity contribution is 0.0957. The summed E-state index contributed by atoms with van der Waals surface area (Å²) in [6.07, 6.45) is 5.35. The molecule has 0 aliphatic heterocycles. The van der Waals surface area contributed by atoms with E-state index in [2.05, 4.69) is 49.5 Å². The number of Topliss-reactive ketones (excluding diaryl/α,β-unsaturated/α-hetero) is 1. The molecule has 2 aromatic carbocycles. The van der Waals surface area contributed by atoms with Gasteiger partial charge >= 0.3 is 0 Å². The van der Waals surface area contributed by atoms with Crippen LogP contribution >= 0.6 is 0 Å². The molecule has 6 heteroatoms. The summed E-state index contributed by atoms with van der Waals surface area (Å²) in [5.74, 6) is 1.06. The van der Waals surface area contributed by atoms with Crippen molar-refractivity contribution in [2.45, 2.75) is 26.7 Å². The second kappa shape index (κ2) is 8.30. The van der Waals surface area contributed by atoms with E-state index < -0.39 is 0 Å². The lowest BCUT2D eigenvalue weighted by Crippen LogP contribution is -2.23. The molecule has 1 aliphatic carbocycles. The van der Waals surface area contributed by atoms with Crippen molar-refractivity contribution in [2.75, 3.05) is 5.32 Å². The summed E-state index contributed by atoms with van der Waals surface area (Å²) in [4.78, 5) is 31.2. The quantitative estimate of drug-likeness (QED) is 0.485. The molecular formula is C26H23N5O. The number of hydrogen-bond acceptors (Lipinski definition) is 6. The zero-order valence-corrected chi connectivity index (χ0v) is 18.0. The van der Waals surface area contributed by atoms with Gasteiger partial charge in [0, 0.05) is 11.8 Å². The van der Waals surface area contributed by atoms with Gasteiger partial charge in [-0.3, -0.25) is 10.1 Å². The number of carbonyl (C=O) groups is 1. The normalized spacial score (nSPS) is 15.8. The molecule has 0 saturated heterocycles. The molecule has 0 radical (unpaired) electrons. The Balaban J connectivity index is 1.43. The van der Waals surface area contributed by atoms with Crippen LogP contribution in [0.1, 0.15) is 39.4 Å². The molecule has 32 heavy (non-hydrogen) atoms. The second-order valence-electron chi connectivity index (χ2n) is 8.09. The predicted octanol–water partition coefficient (Wildman–Crippen LogP) is 5.24. The third kappa shape index (κ3) is 3.99. The third-order valence-corrected chi connectivity index (χ3v) is 5.72. The van der Waals surface area contributed by atoms with E-state index in [0.29, 0.717) is 36.0 Å². The van der Waals surface area contributed by atoms with Gasteiger partial charge in [0.15, 0.2) is 5.78 Å². The number of benzene rings is 2. The van der Waals surface area contributed by atoms with E-state index in [1.807, 2.05) is 56.3 Å². The van der Waals surface area contributed by atoms with Crippen LogP contribution in [0.5, 0.6) is 0 Å². The van der Waals surface area contributed by atoms with Crippen molar-refractivity contribution in [3.05, 3.63) is 88.9 Å². The Morgan fingerprint density at radius 2 is 1.56 bits per heavy atom. The number of ketones is 1. The second-order valence-corrected chi connectivity index (χ2v) is 8.09. The van der Waals surface area contributed by atoms with E-state index in [0.717, 1.165) is 27.9 Å². The Kier molecular flexibility index (Phi) is 5.19. The molecule has 6 nitrogen and oxygen atoms in total. The van der Waals surface area contributed by atoms with E-state index in [4.69, 9.17) is 0 Å². The van der Waals surface area contributed by atoms with Crippen LogP contribution in [-0.2, 0) is 6.42 Å². The minimum atomic E-state index is 0.0933. The van der Waals surface area contributed by atoms with Crippen LogP contribution in [0.15, 0.2) is 60.7 Å². The predicted molar refractivity (Wildman–Crippen MR) is 126 cm³/mol. The molecule has 2 heterocycles.